The van der Waals surface area contributed by atoms with E-state index >= 15 is 0 Å². The standard InChI is InChI=1S/C9H19N/c1-9(2,3)5-8-6-10(4)7-8/h8H,5-7H2,1-4H3. The second-order valence-corrected chi connectivity index (χ2v) is 4.85. The minimum Gasteiger partial charge on any atom is -0.306 e. The molecule has 0 amide bonds. The van der Waals surface area contributed by atoms with E-state index in [4.69, 9.17) is 0 Å². The molecule has 0 spiro atoms. The average Bonchev–Trinajstić information content (AvgIpc) is 1.57. The van der Waals surface area contributed by atoms with Gasteiger partial charge >= 0.3 is 0 Å². The summed E-state index contributed by atoms with van der Waals surface area (Å²) in [4.78, 5) is 2.39. The highest BCUT2D eigenvalue weighted by Crippen LogP contribution is 2.29. The fourth-order valence-electron chi connectivity index (χ4n) is 1.82. The Labute approximate surface area is 64.4 Å². The van der Waals surface area contributed by atoms with Crippen LogP contribution in [0.25, 0.3) is 0 Å². The van der Waals surface area contributed by atoms with Crippen LogP contribution in [0.1, 0.15) is 27.2 Å². The molecule has 1 aliphatic rings. The van der Waals surface area contributed by atoms with Crippen LogP contribution in [0.2, 0.25) is 0 Å². The molecule has 1 aliphatic heterocycles. The summed E-state index contributed by atoms with van der Waals surface area (Å²) >= 11 is 0. The average molecular weight is 141 g/mol. The molecule has 0 aromatic rings. The minimum absolute atomic E-state index is 0.534. The zero-order chi connectivity index (χ0) is 7.78. The van der Waals surface area contributed by atoms with Crippen LogP contribution in [-0.2, 0) is 0 Å². The maximum absolute atomic E-state index is 2.39. The predicted octanol–water partition coefficient (Wildman–Crippen LogP) is 1.98. The van der Waals surface area contributed by atoms with Gasteiger partial charge < -0.3 is 4.90 Å². The summed E-state index contributed by atoms with van der Waals surface area (Å²) in [6.07, 6.45) is 1.39. The quantitative estimate of drug-likeness (QED) is 0.540. The van der Waals surface area contributed by atoms with Crippen LogP contribution in [0.15, 0.2) is 0 Å². The Morgan fingerprint density at radius 2 is 1.80 bits per heavy atom. The van der Waals surface area contributed by atoms with Crippen LogP contribution < -0.4 is 0 Å². The highest BCUT2D eigenvalue weighted by Gasteiger charge is 2.27. The summed E-state index contributed by atoms with van der Waals surface area (Å²) < 4.78 is 0. The molecule has 1 heteroatoms. The summed E-state index contributed by atoms with van der Waals surface area (Å²) in [5.74, 6) is 0.977. The van der Waals surface area contributed by atoms with Gasteiger partial charge in [-0.15, -0.1) is 0 Å². The van der Waals surface area contributed by atoms with Crippen molar-refractivity contribution in [3.8, 4) is 0 Å². The van der Waals surface area contributed by atoms with Crippen molar-refractivity contribution in [1.29, 1.82) is 0 Å². The van der Waals surface area contributed by atoms with Crippen LogP contribution in [-0.4, -0.2) is 25.0 Å². The van der Waals surface area contributed by atoms with Crippen LogP contribution in [0.4, 0.5) is 0 Å². The summed E-state index contributed by atoms with van der Waals surface area (Å²) in [5, 5.41) is 0. The van der Waals surface area contributed by atoms with E-state index in [2.05, 4.69) is 32.7 Å². The number of nitrogens with zero attached hydrogens (tertiary/aromatic N) is 1. The highest BCUT2D eigenvalue weighted by molar-refractivity contribution is 4.80. The minimum atomic E-state index is 0.534. The molecule has 0 N–H and O–H groups in total. The van der Waals surface area contributed by atoms with Gasteiger partial charge in [-0.2, -0.15) is 0 Å². The molecule has 0 unspecified atom stereocenters. The largest absolute Gasteiger partial charge is 0.306 e. The summed E-state index contributed by atoms with van der Waals surface area (Å²) in [7, 11) is 2.19. The van der Waals surface area contributed by atoms with Crippen molar-refractivity contribution in [2.45, 2.75) is 27.2 Å². The van der Waals surface area contributed by atoms with E-state index in [1.165, 1.54) is 19.5 Å². The van der Waals surface area contributed by atoms with E-state index in [-0.39, 0.29) is 0 Å². The van der Waals surface area contributed by atoms with Crippen molar-refractivity contribution in [3.05, 3.63) is 0 Å². The highest BCUT2D eigenvalue weighted by atomic mass is 15.2. The van der Waals surface area contributed by atoms with Gasteiger partial charge in [0.05, 0.1) is 0 Å². The summed E-state index contributed by atoms with van der Waals surface area (Å²) in [6.45, 7) is 9.61. The Bertz CT molecular complexity index is 106. The normalized spacial score (nSPS) is 22.8. The maximum Gasteiger partial charge on any atom is 0.00192 e. The van der Waals surface area contributed by atoms with Gasteiger partial charge in [-0.05, 0) is 24.8 Å². The second-order valence-electron chi connectivity index (χ2n) is 4.85. The molecular formula is C9H19N. The van der Waals surface area contributed by atoms with Crippen molar-refractivity contribution in [2.24, 2.45) is 11.3 Å². The zero-order valence-electron chi connectivity index (χ0n) is 7.65. The van der Waals surface area contributed by atoms with Crippen LogP contribution >= 0.6 is 0 Å². The monoisotopic (exact) mass is 141 g/mol. The smallest absolute Gasteiger partial charge is 0.00192 e. The van der Waals surface area contributed by atoms with Gasteiger partial charge in [0.1, 0.15) is 0 Å². The predicted molar refractivity (Wildman–Crippen MR) is 45.1 cm³/mol. The molecule has 0 aromatic heterocycles. The maximum atomic E-state index is 2.39. The molecule has 1 saturated heterocycles. The zero-order valence-corrected chi connectivity index (χ0v) is 7.65. The van der Waals surface area contributed by atoms with E-state index < -0.39 is 0 Å². The molecule has 0 bridgehead atoms. The third kappa shape index (κ3) is 2.30. The lowest BCUT2D eigenvalue weighted by molar-refractivity contribution is 0.0955. The van der Waals surface area contributed by atoms with Crippen LogP contribution in [0.3, 0.4) is 0 Å². The Hall–Kier alpha value is -0.0400. The number of likely N-dealkylation sites (tertiary alicyclic amines) is 1. The topological polar surface area (TPSA) is 3.24 Å². The third-order valence-electron chi connectivity index (χ3n) is 2.04. The van der Waals surface area contributed by atoms with Crippen molar-refractivity contribution >= 4 is 0 Å². The Balaban J connectivity index is 2.16. The third-order valence-corrected chi connectivity index (χ3v) is 2.04. The van der Waals surface area contributed by atoms with Gasteiger partial charge in [0, 0.05) is 13.1 Å². The van der Waals surface area contributed by atoms with Gasteiger partial charge in [-0.3, -0.25) is 0 Å². The molecule has 0 aromatic carbocycles. The first-order valence-corrected chi connectivity index (χ1v) is 4.16. The first-order chi connectivity index (χ1) is 4.47. The van der Waals surface area contributed by atoms with Crippen molar-refractivity contribution < 1.29 is 0 Å². The molecule has 1 nitrogen and oxygen atoms in total. The van der Waals surface area contributed by atoms with E-state index in [0.29, 0.717) is 5.41 Å². The molecule has 0 saturated carbocycles. The van der Waals surface area contributed by atoms with E-state index in [1.54, 1.807) is 0 Å². The Morgan fingerprint density at radius 3 is 2.10 bits per heavy atom. The van der Waals surface area contributed by atoms with Crippen molar-refractivity contribution in [3.63, 3.8) is 0 Å². The van der Waals surface area contributed by atoms with E-state index in [0.717, 1.165) is 5.92 Å². The number of rotatable bonds is 1. The molecule has 1 fully saturated rings. The van der Waals surface area contributed by atoms with Gasteiger partial charge in [0.25, 0.3) is 0 Å². The van der Waals surface area contributed by atoms with Crippen molar-refractivity contribution in [1.82, 2.24) is 4.90 Å². The van der Waals surface area contributed by atoms with Crippen LogP contribution in [0, 0.1) is 11.3 Å². The number of hydrogen-bond donors (Lipinski definition) is 0. The van der Waals surface area contributed by atoms with Gasteiger partial charge in [-0.25, -0.2) is 0 Å². The molecule has 60 valence electrons. The van der Waals surface area contributed by atoms with Crippen LogP contribution in [0.5, 0.6) is 0 Å². The second kappa shape index (κ2) is 2.54. The fraction of sp³-hybridized carbons (Fsp3) is 1.00. The Morgan fingerprint density at radius 1 is 1.30 bits per heavy atom. The SMILES string of the molecule is CN1CC(CC(C)(C)C)C1. The molecule has 1 heterocycles. The molecule has 0 atom stereocenters. The molecule has 0 aliphatic carbocycles. The lowest BCUT2D eigenvalue weighted by atomic mass is 9.81. The van der Waals surface area contributed by atoms with E-state index in [9.17, 15) is 0 Å². The summed E-state index contributed by atoms with van der Waals surface area (Å²) in [5.41, 5.74) is 0.534. The molecule has 10 heavy (non-hydrogen) atoms. The van der Waals surface area contributed by atoms with Gasteiger partial charge in [0.2, 0.25) is 0 Å². The first-order valence-electron chi connectivity index (χ1n) is 4.16. The molecular weight excluding hydrogens is 122 g/mol. The summed E-state index contributed by atoms with van der Waals surface area (Å²) in [6, 6.07) is 0. The fourth-order valence-corrected chi connectivity index (χ4v) is 1.82. The molecule has 0 radical (unpaired) electrons. The number of hydrogen-bond acceptors (Lipinski definition) is 1. The van der Waals surface area contributed by atoms with Gasteiger partial charge in [-0.1, -0.05) is 20.8 Å². The van der Waals surface area contributed by atoms with Crippen molar-refractivity contribution in [2.75, 3.05) is 20.1 Å². The lowest BCUT2D eigenvalue weighted by Gasteiger charge is -2.39. The lowest BCUT2D eigenvalue weighted by Crippen LogP contribution is -2.45. The molecule has 1 rings (SSSR count). The Kier molecular flexibility index (Phi) is 2.04. The first kappa shape index (κ1) is 8.06. The van der Waals surface area contributed by atoms with E-state index in [1.807, 2.05) is 0 Å². The van der Waals surface area contributed by atoms with Gasteiger partial charge in [0.15, 0.2) is 0 Å².